The third kappa shape index (κ3) is 41.9. The molecule has 7 nitrogen and oxygen atoms in total. The SMILES string of the molecule is CCCCCCCCC(CCCCCCCC)COC(=O)CCCCCN(CCCCCC(=O)OCC(CCCCCCCC)CCCCCCCC)CCN(CCCCCC)C1CCC(O)CC1. The standard InChI is InChI=1S/C62H122N2O5/c1-6-11-16-21-25-31-40-57(41-32-26-22-17-12-7-2)55-68-61(66)44-35-29-37-50-63(53-54-64(52-39-20-15-10-5)59-46-48-60(65)49-47-59)51-38-30-36-45-62(67)69-56-58(42-33-27-23-18-13-8-3)43-34-28-24-19-14-9-4/h57-60,65H,6-56H2,1-5H3. The van der Waals surface area contributed by atoms with Crippen molar-refractivity contribution in [1.82, 2.24) is 9.80 Å². The maximum atomic E-state index is 13.0. The molecule has 1 fully saturated rings. The number of unbranched alkanes of at least 4 members (excludes halogenated alkanes) is 27. The lowest BCUT2D eigenvalue weighted by Crippen LogP contribution is -2.44. The molecular weight excluding hydrogens is 853 g/mol. The van der Waals surface area contributed by atoms with Crippen LogP contribution in [0.1, 0.15) is 317 Å². The second-order valence-corrected chi connectivity index (χ2v) is 22.3. The van der Waals surface area contributed by atoms with E-state index in [0.29, 0.717) is 43.9 Å². The van der Waals surface area contributed by atoms with E-state index >= 15 is 0 Å². The first-order valence-electron chi connectivity index (χ1n) is 31.3. The van der Waals surface area contributed by atoms with Gasteiger partial charge < -0.3 is 19.5 Å². The van der Waals surface area contributed by atoms with Crippen molar-refractivity contribution in [3.8, 4) is 0 Å². The summed E-state index contributed by atoms with van der Waals surface area (Å²) in [6.45, 7) is 18.1. The number of carbonyl (C=O) groups is 2. The van der Waals surface area contributed by atoms with Crippen LogP contribution >= 0.6 is 0 Å². The molecule has 0 radical (unpaired) electrons. The average molecular weight is 976 g/mol. The molecule has 0 unspecified atom stereocenters. The Morgan fingerprint density at radius 2 is 0.710 bits per heavy atom. The monoisotopic (exact) mass is 975 g/mol. The molecule has 1 saturated carbocycles. The molecule has 0 aliphatic heterocycles. The zero-order valence-electron chi connectivity index (χ0n) is 47.3. The maximum absolute atomic E-state index is 13.0. The molecule has 7 heteroatoms. The smallest absolute Gasteiger partial charge is 0.305 e. The van der Waals surface area contributed by atoms with Crippen molar-refractivity contribution in [1.29, 1.82) is 0 Å². The minimum atomic E-state index is -0.123. The first kappa shape index (κ1) is 65.8. The van der Waals surface area contributed by atoms with Crippen LogP contribution < -0.4 is 0 Å². The highest BCUT2D eigenvalue weighted by Gasteiger charge is 2.25. The molecule has 0 saturated heterocycles. The molecule has 1 N–H and O–H groups in total. The van der Waals surface area contributed by atoms with Crippen molar-refractivity contribution in [2.24, 2.45) is 11.8 Å². The zero-order valence-corrected chi connectivity index (χ0v) is 47.3. The molecule has 0 bridgehead atoms. The molecule has 410 valence electrons. The van der Waals surface area contributed by atoms with Gasteiger partial charge in [0, 0.05) is 32.0 Å². The number of hydrogen-bond acceptors (Lipinski definition) is 7. The quantitative estimate of drug-likeness (QED) is 0.0480. The van der Waals surface area contributed by atoms with Crippen molar-refractivity contribution in [2.75, 3.05) is 45.9 Å². The van der Waals surface area contributed by atoms with Crippen LogP contribution in [0.2, 0.25) is 0 Å². The van der Waals surface area contributed by atoms with E-state index in [2.05, 4.69) is 44.4 Å². The second-order valence-electron chi connectivity index (χ2n) is 22.3. The van der Waals surface area contributed by atoms with Gasteiger partial charge >= 0.3 is 11.9 Å². The Balaban J connectivity index is 2.69. The average Bonchev–Trinajstić information content (AvgIpc) is 3.35. The molecular formula is C62H122N2O5. The fourth-order valence-corrected chi connectivity index (χ4v) is 10.9. The third-order valence-electron chi connectivity index (χ3n) is 15.7. The van der Waals surface area contributed by atoms with E-state index in [1.54, 1.807) is 0 Å². The van der Waals surface area contributed by atoms with Gasteiger partial charge in [-0.15, -0.1) is 0 Å². The van der Waals surface area contributed by atoms with Crippen LogP contribution in [-0.4, -0.2) is 84.9 Å². The lowest BCUT2D eigenvalue weighted by molar-refractivity contribution is -0.146. The Bertz CT molecular complexity index is 987. The van der Waals surface area contributed by atoms with Crippen LogP contribution in [0.25, 0.3) is 0 Å². The van der Waals surface area contributed by atoms with Crippen LogP contribution in [0.5, 0.6) is 0 Å². The summed E-state index contributed by atoms with van der Waals surface area (Å²) in [5.74, 6) is 1.04. The Kier molecular flexibility index (Phi) is 48.0. The van der Waals surface area contributed by atoms with Crippen molar-refractivity contribution in [3.05, 3.63) is 0 Å². The molecule has 1 aliphatic rings. The molecule has 0 aromatic carbocycles. The largest absolute Gasteiger partial charge is 0.465 e. The number of aliphatic hydroxyl groups is 1. The summed E-state index contributed by atoms with van der Waals surface area (Å²) in [5.41, 5.74) is 0. The molecule has 0 heterocycles. The van der Waals surface area contributed by atoms with E-state index in [9.17, 15) is 14.7 Å². The van der Waals surface area contributed by atoms with Gasteiger partial charge in [0.2, 0.25) is 0 Å². The molecule has 1 rings (SSSR count). The summed E-state index contributed by atoms with van der Waals surface area (Å²) in [4.78, 5) is 31.5. The topological polar surface area (TPSA) is 79.3 Å². The Morgan fingerprint density at radius 3 is 1.09 bits per heavy atom. The van der Waals surface area contributed by atoms with Gasteiger partial charge in [-0.3, -0.25) is 14.5 Å². The van der Waals surface area contributed by atoms with E-state index in [0.717, 1.165) is 96.9 Å². The molecule has 0 aromatic heterocycles. The van der Waals surface area contributed by atoms with Crippen LogP contribution in [-0.2, 0) is 19.1 Å². The fourth-order valence-electron chi connectivity index (χ4n) is 10.9. The summed E-state index contributed by atoms with van der Waals surface area (Å²) in [6, 6.07) is 0.585. The summed E-state index contributed by atoms with van der Waals surface area (Å²) in [5, 5.41) is 10.3. The summed E-state index contributed by atoms with van der Waals surface area (Å²) in [7, 11) is 0. The highest BCUT2D eigenvalue weighted by Crippen LogP contribution is 2.25. The number of aliphatic hydroxyl groups excluding tert-OH is 1. The van der Waals surface area contributed by atoms with Gasteiger partial charge in [0.25, 0.3) is 0 Å². The van der Waals surface area contributed by atoms with Crippen LogP contribution in [0.3, 0.4) is 0 Å². The second kappa shape index (κ2) is 50.4. The van der Waals surface area contributed by atoms with Crippen molar-refractivity contribution >= 4 is 11.9 Å². The third-order valence-corrected chi connectivity index (χ3v) is 15.7. The van der Waals surface area contributed by atoms with Gasteiger partial charge in [0.15, 0.2) is 0 Å². The van der Waals surface area contributed by atoms with Gasteiger partial charge in [0.05, 0.1) is 19.3 Å². The van der Waals surface area contributed by atoms with Crippen molar-refractivity contribution in [3.63, 3.8) is 0 Å². The van der Waals surface area contributed by atoms with Crippen molar-refractivity contribution < 1.29 is 24.2 Å². The van der Waals surface area contributed by atoms with Gasteiger partial charge in [0.1, 0.15) is 0 Å². The highest BCUT2D eigenvalue weighted by molar-refractivity contribution is 5.69. The van der Waals surface area contributed by atoms with E-state index in [4.69, 9.17) is 9.47 Å². The summed E-state index contributed by atoms with van der Waals surface area (Å²) < 4.78 is 12.0. The zero-order chi connectivity index (χ0) is 50.1. The van der Waals surface area contributed by atoms with Gasteiger partial charge in [-0.1, -0.05) is 221 Å². The molecule has 69 heavy (non-hydrogen) atoms. The van der Waals surface area contributed by atoms with Gasteiger partial charge in [-0.25, -0.2) is 0 Å². The lowest BCUT2D eigenvalue weighted by Gasteiger charge is -2.37. The Morgan fingerprint density at radius 1 is 0.391 bits per heavy atom. The summed E-state index contributed by atoms with van der Waals surface area (Å²) >= 11 is 0. The maximum Gasteiger partial charge on any atom is 0.305 e. The van der Waals surface area contributed by atoms with E-state index in [-0.39, 0.29) is 18.0 Å². The van der Waals surface area contributed by atoms with E-state index in [1.807, 2.05) is 0 Å². The number of hydrogen-bond donors (Lipinski definition) is 1. The molecule has 0 amide bonds. The first-order chi connectivity index (χ1) is 33.9. The highest BCUT2D eigenvalue weighted by atomic mass is 16.5. The van der Waals surface area contributed by atoms with Crippen LogP contribution in [0.15, 0.2) is 0 Å². The van der Waals surface area contributed by atoms with Crippen molar-refractivity contribution in [2.45, 2.75) is 329 Å². The number of rotatable bonds is 53. The van der Waals surface area contributed by atoms with Crippen LogP contribution in [0, 0.1) is 11.8 Å². The van der Waals surface area contributed by atoms with Crippen LogP contribution in [0.4, 0.5) is 0 Å². The first-order valence-corrected chi connectivity index (χ1v) is 31.3. The van der Waals surface area contributed by atoms with E-state index in [1.165, 1.54) is 205 Å². The molecule has 0 spiro atoms. The minimum absolute atomic E-state index is 0.00344. The van der Waals surface area contributed by atoms with Gasteiger partial charge in [-0.05, 0) is 115 Å². The molecule has 0 aromatic rings. The number of carbonyl (C=O) groups excluding carboxylic acids is 2. The molecule has 0 atom stereocenters. The Labute approximate surface area is 431 Å². The minimum Gasteiger partial charge on any atom is -0.465 e. The normalized spacial score (nSPS) is 15.3. The predicted molar refractivity (Wildman–Crippen MR) is 298 cm³/mol. The number of esters is 2. The predicted octanol–water partition coefficient (Wildman–Crippen LogP) is 17.9. The Hall–Kier alpha value is -1.18. The molecule has 1 aliphatic carbocycles. The van der Waals surface area contributed by atoms with Gasteiger partial charge in [-0.2, -0.15) is 0 Å². The number of ether oxygens (including phenoxy) is 2. The van der Waals surface area contributed by atoms with E-state index < -0.39 is 0 Å². The fraction of sp³-hybridized carbons (Fsp3) is 0.968. The number of nitrogens with zero attached hydrogens (tertiary/aromatic N) is 2. The summed E-state index contributed by atoms with van der Waals surface area (Å²) in [6.07, 6.45) is 52.7. The lowest BCUT2D eigenvalue weighted by atomic mass is 9.91.